The highest BCUT2D eigenvalue weighted by atomic mass is 15.4. The molecule has 0 aromatic carbocycles. The van der Waals surface area contributed by atoms with E-state index in [0.29, 0.717) is 5.92 Å². The summed E-state index contributed by atoms with van der Waals surface area (Å²) in [4.78, 5) is 13.2. The molecule has 2 aromatic heterocycles. The first-order chi connectivity index (χ1) is 14.5. The smallest absolute Gasteiger partial charge is 0.137 e. The zero-order valence-electron chi connectivity index (χ0n) is 18.5. The summed E-state index contributed by atoms with van der Waals surface area (Å²) < 4.78 is 0. The number of hydrogen-bond donors (Lipinski definition) is 2. The lowest BCUT2D eigenvalue weighted by molar-refractivity contribution is 0.154. The lowest BCUT2D eigenvalue weighted by Gasteiger charge is -2.36. The minimum atomic E-state index is 0.601. The number of rotatable bonds is 5. The van der Waals surface area contributed by atoms with E-state index in [9.17, 15) is 0 Å². The van der Waals surface area contributed by atoms with E-state index in [1.165, 1.54) is 63.8 Å². The second-order valence-electron chi connectivity index (χ2n) is 9.02. The number of nitrogens with one attached hydrogen (secondary N) is 1. The monoisotopic (exact) mass is 408 g/mol. The maximum atomic E-state index is 5.83. The minimum Gasteiger partial charge on any atom is -0.346 e. The fraction of sp³-hybridized carbons (Fsp3) is 0.542. The lowest BCUT2D eigenvalue weighted by Crippen LogP contribution is -2.40. The molecule has 2 fully saturated rings. The van der Waals surface area contributed by atoms with Crippen LogP contribution in [0.5, 0.6) is 0 Å². The molecule has 0 radical (unpaired) electrons. The Balaban J connectivity index is 1.48. The predicted molar refractivity (Wildman–Crippen MR) is 125 cm³/mol. The molecule has 3 heterocycles. The molecule has 1 saturated carbocycles. The van der Waals surface area contributed by atoms with Crippen LogP contribution in [0.1, 0.15) is 49.1 Å². The molecule has 0 unspecified atom stereocenters. The van der Waals surface area contributed by atoms with E-state index in [0.717, 1.165) is 28.2 Å². The number of fused-ring (bicyclic) bond motifs is 1. The summed E-state index contributed by atoms with van der Waals surface area (Å²) in [7, 11) is 4.07. The Morgan fingerprint density at radius 2 is 2.03 bits per heavy atom. The van der Waals surface area contributed by atoms with Gasteiger partial charge in [0.2, 0.25) is 0 Å². The zero-order chi connectivity index (χ0) is 21.1. The molecule has 2 aliphatic rings. The van der Waals surface area contributed by atoms with E-state index in [1.54, 1.807) is 5.01 Å². The number of aromatic amines is 1. The third-order valence-electron chi connectivity index (χ3n) is 6.86. The average Bonchev–Trinajstić information content (AvgIpc) is 3.05. The van der Waals surface area contributed by atoms with Crippen molar-refractivity contribution in [3.63, 3.8) is 0 Å². The summed E-state index contributed by atoms with van der Waals surface area (Å²) in [5, 5.41) is 2.72. The number of pyridine rings is 1. The van der Waals surface area contributed by atoms with Gasteiger partial charge < -0.3 is 14.9 Å². The molecular weight excluding hydrogens is 372 g/mol. The van der Waals surface area contributed by atoms with Crippen molar-refractivity contribution < 1.29 is 0 Å². The number of hydrazine groups is 1. The molecule has 0 bridgehead atoms. The Morgan fingerprint density at radius 1 is 1.23 bits per heavy atom. The molecule has 6 heteroatoms. The van der Waals surface area contributed by atoms with Gasteiger partial charge in [0.1, 0.15) is 5.65 Å². The van der Waals surface area contributed by atoms with Gasteiger partial charge in [-0.25, -0.2) is 10.8 Å². The van der Waals surface area contributed by atoms with Crippen LogP contribution in [0, 0.1) is 0 Å². The van der Waals surface area contributed by atoms with Crippen LogP contribution in [-0.2, 0) is 0 Å². The van der Waals surface area contributed by atoms with Crippen LogP contribution in [0.3, 0.4) is 0 Å². The first-order valence-corrected chi connectivity index (χ1v) is 11.3. The predicted octanol–water partition coefficient (Wildman–Crippen LogP) is 3.56. The lowest BCUT2D eigenvalue weighted by atomic mass is 9.81. The molecule has 1 aliphatic carbocycles. The van der Waals surface area contributed by atoms with Crippen LogP contribution in [0.2, 0.25) is 0 Å². The van der Waals surface area contributed by atoms with Gasteiger partial charge >= 0.3 is 0 Å². The van der Waals surface area contributed by atoms with Gasteiger partial charge in [-0.05, 0) is 69.8 Å². The SMILES string of the molecule is C=C/C(=C\N(C)N)c1c[nH]c2ncc(C3CCC(N4CCCN(C)CC4)CC3)cc12. The van der Waals surface area contributed by atoms with Crippen molar-refractivity contribution in [1.82, 2.24) is 24.8 Å². The Bertz CT molecular complexity index is 890. The van der Waals surface area contributed by atoms with Gasteiger partial charge in [0.15, 0.2) is 0 Å². The molecule has 162 valence electrons. The Kier molecular flexibility index (Phi) is 6.56. The number of nitrogens with two attached hydrogens (primary N) is 1. The number of nitrogens with zero attached hydrogens (tertiary/aromatic N) is 4. The number of H-pyrrole nitrogens is 1. The molecule has 30 heavy (non-hydrogen) atoms. The summed E-state index contributed by atoms with van der Waals surface area (Å²) in [6.45, 7) is 8.87. The molecular formula is C24H36N6. The fourth-order valence-corrected chi connectivity index (χ4v) is 5.14. The molecule has 1 aliphatic heterocycles. The van der Waals surface area contributed by atoms with Crippen LogP contribution in [0.15, 0.2) is 37.3 Å². The number of allylic oxidation sites excluding steroid dienone is 2. The summed E-state index contributed by atoms with van der Waals surface area (Å²) in [6.07, 6.45) is 14.2. The summed E-state index contributed by atoms with van der Waals surface area (Å²) >= 11 is 0. The van der Waals surface area contributed by atoms with E-state index < -0.39 is 0 Å². The molecule has 2 aromatic rings. The van der Waals surface area contributed by atoms with Crippen molar-refractivity contribution in [3.05, 3.63) is 48.4 Å². The largest absolute Gasteiger partial charge is 0.346 e. The second-order valence-corrected chi connectivity index (χ2v) is 9.02. The van der Waals surface area contributed by atoms with Crippen LogP contribution >= 0.6 is 0 Å². The third kappa shape index (κ3) is 4.61. The summed E-state index contributed by atoms with van der Waals surface area (Å²) in [5.41, 5.74) is 4.39. The zero-order valence-corrected chi connectivity index (χ0v) is 18.5. The van der Waals surface area contributed by atoms with Gasteiger partial charge in [0, 0.05) is 61.3 Å². The molecule has 3 N–H and O–H groups in total. The summed E-state index contributed by atoms with van der Waals surface area (Å²) in [5.74, 6) is 6.44. The van der Waals surface area contributed by atoms with Crippen LogP contribution in [-0.4, -0.2) is 71.1 Å². The van der Waals surface area contributed by atoms with Gasteiger partial charge in [-0.3, -0.25) is 4.90 Å². The Hall–Kier alpha value is -2.15. The van der Waals surface area contributed by atoms with Gasteiger partial charge in [0.25, 0.3) is 0 Å². The van der Waals surface area contributed by atoms with E-state index in [2.05, 4.69) is 40.7 Å². The van der Waals surface area contributed by atoms with E-state index in [-0.39, 0.29) is 0 Å². The maximum absolute atomic E-state index is 5.83. The topological polar surface area (TPSA) is 64.4 Å². The minimum absolute atomic E-state index is 0.601. The standard InChI is InChI=1S/C24H36N6/c1-4-18(17-29(3)25)23-16-27-24-22(23)14-20(15-26-24)19-6-8-21(9-7-19)30-11-5-10-28(2)12-13-30/h4,14-17,19,21H,1,5-13,25H2,2-3H3,(H,26,27)/b18-17+. The van der Waals surface area contributed by atoms with Crippen molar-refractivity contribution >= 4 is 16.6 Å². The van der Waals surface area contributed by atoms with Crippen molar-refractivity contribution in [3.8, 4) is 0 Å². The van der Waals surface area contributed by atoms with Crippen LogP contribution < -0.4 is 5.84 Å². The molecule has 0 spiro atoms. The van der Waals surface area contributed by atoms with Gasteiger partial charge in [-0.15, -0.1) is 0 Å². The molecule has 6 nitrogen and oxygen atoms in total. The van der Waals surface area contributed by atoms with E-state index >= 15 is 0 Å². The van der Waals surface area contributed by atoms with Crippen molar-refractivity contribution in [1.29, 1.82) is 0 Å². The second kappa shape index (κ2) is 9.33. The average molecular weight is 409 g/mol. The van der Waals surface area contributed by atoms with Gasteiger partial charge in [-0.1, -0.05) is 12.7 Å². The van der Waals surface area contributed by atoms with Gasteiger partial charge in [-0.2, -0.15) is 0 Å². The Morgan fingerprint density at radius 3 is 2.77 bits per heavy atom. The quantitative estimate of drug-likeness (QED) is 0.450. The molecule has 4 rings (SSSR count). The fourth-order valence-electron chi connectivity index (χ4n) is 5.14. The van der Waals surface area contributed by atoms with Crippen molar-refractivity contribution in [2.45, 2.75) is 44.1 Å². The van der Waals surface area contributed by atoms with E-state index in [1.807, 2.05) is 25.5 Å². The normalized spacial score (nSPS) is 24.7. The molecule has 1 saturated heterocycles. The number of likely N-dealkylation sites (N-methyl/N-ethyl adjacent to an activating group) is 1. The number of aromatic nitrogens is 2. The highest BCUT2D eigenvalue weighted by Crippen LogP contribution is 2.36. The van der Waals surface area contributed by atoms with E-state index in [4.69, 9.17) is 10.8 Å². The molecule has 0 amide bonds. The maximum Gasteiger partial charge on any atom is 0.137 e. The summed E-state index contributed by atoms with van der Waals surface area (Å²) in [6, 6.07) is 3.08. The first kappa shape index (κ1) is 21.1. The Labute approximate surface area is 180 Å². The van der Waals surface area contributed by atoms with Crippen LogP contribution in [0.4, 0.5) is 0 Å². The molecule has 0 atom stereocenters. The third-order valence-corrected chi connectivity index (χ3v) is 6.86. The highest BCUT2D eigenvalue weighted by molar-refractivity contribution is 5.93. The highest BCUT2D eigenvalue weighted by Gasteiger charge is 2.28. The van der Waals surface area contributed by atoms with Crippen molar-refractivity contribution in [2.75, 3.05) is 40.3 Å². The van der Waals surface area contributed by atoms with Gasteiger partial charge in [0.05, 0.1) is 0 Å². The van der Waals surface area contributed by atoms with Crippen molar-refractivity contribution in [2.24, 2.45) is 5.84 Å². The first-order valence-electron chi connectivity index (χ1n) is 11.3. The number of hydrogen-bond acceptors (Lipinski definition) is 5. The van der Waals surface area contributed by atoms with Crippen LogP contribution in [0.25, 0.3) is 16.6 Å².